The molecule has 1 fully saturated rings. The Morgan fingerprint density at radius 3 is 2.71 bits per heavy atom. The van der Waals surface area contributed by atoms with Crippen molar-refractivity contribution in [3.63, 3.8) is 0 Å². The number of hydrogen-bond donors (Lipinski definition) is 2. The van der Waals surface area contributed by atoms with Crippen molar-refractivity contribution < 1.29 is 12.9 Å². The van der Waals surface area contributed by atoms with Gasteiger partial charge < -0.3 is 5.32 Å². The van der Waals surface area contributed by atoms with E-state index in [4.69, 9.17) is 4.55 Å². The second-order valence-corrected chi connectivity index (χ2v) is 7.18. The molecule has 0 amide bonds. The van der Waals surface area contributed by atoms with Gasteiger partial charge in [0.15, 0.2) is 0 Å². The van der Waals surface area contributed by atoms with Crippen LogP contribution in [0.5, 0.6) is 0 Å². The molecule has 0 spiro atoms. The van der Waals surface area contributed by atoms with Crippen LogP contribution in [0.4, 0.5) is 0 Å². The van der Waals surface area contributed by atoms with E-state index in [2.05, 4.69) is 27.6 Å². The first-order valence-electron chi connectivity index (χ1n) is 6.31. The minimum Gasteiger partial charge on any atom is -0.314 e. The van der Waals surface area contributed by atoms with Crippen LogP contribution < -0.4 is 5.32 Å². The van der Waals surface area contributed by atoms with Crippen LogP contribution >= 0.6 is 0 Å². The highest BCUT2D eigenvalue weighted by atomic mass is 32.9. The van der Waals surface area contributed by atoms with Crippen molar-refractivity contribution in [2.75, 3.05) is 19.7 Å². The second-order valence-electron chi connectivity index (χ2n) is 4.83. The predicted octanol–water partition coefficient (Wildman–Crippen LogP) is 1.94. The summed E-state index contributed by atoms with van der Waals surface area (Å²) in [4.78, 5) is 0. The second kappa shape index (κ2) is 7.63. The summed E-state index contributed by atoms with van der Waals surface area (Å²) in [5, 5.41) is 3.25. The highest BCUT2D eigenvalue weighted by Crippen LogP contribution is 2.29. The smallest absolute Gasteiger partial charge is 0.266 e. The topological polar surface area (TPSA) is 58.6 Å². The quantitative estimate of drug-likeness (QED) is 0.699. The van der Waals surface area contributed by atoms with Gasteiger partial charge in [-0.15, -0.1) is 0 Å². The summed E-state index contributed by atoms with van der Waals surface area (Å²) >= 11 is 4.22. The van der Waals surface area contributed by atoms with Crippen molar-refractivity contribution in [3.05, 3.63) is 0 Å². The van der Waals surface area contributed by atoms with Gasteiger partial charge in [0, 0.05) is 17.7 Å². The Labute approximate surface area is 109 Å². The molecule has 0 aromatic carbocycles. The van der Waals surface area contributed by atoms with Crippen molar-refractivity contribution in [3.8, 4) is 0 Å². The van der Waals surface area contributed by atoms with Gasteiger partial charge in [-0.05, 0) is 18.4 Å². The molecular weight excluding hydrogens is 258 g/mol. The molecule has 0 aromatic rings. The molecule has 2 N–H and O–H groups in total. The Bertz CT molecular complexity index is 300. The average Bonchev–Trinajstić information content (AvgIpc) is 2.28. The van der Waals surface area contributed by atoms with E-state index < -0.39 is 9.05 Å². The zero-order valence-electron chi connectivity index (χ0n) is 10.4. The van der Waals surface area contributed by atoms with Crippen molar-refractivity contribution >= 4 is 20.2 Å². The monoisotopic (exact) mass is 281 g/mol. The SMILES string of the molecule is C[C@H](CNCCOS(=O)(O)=S)C1CCCCC1. The molecule has 0 heterocycles. The number of nitrogens with one attached hydrogen (secondary N) is 1. The molecule has 0 bridgehead atoms. The third kappa shape index (κ3) is 7.31. The molecule has 1 aliphatic carbocycles. The Morgan fingerprint density at radius 1 is 1.47 bits per heavy atom. The zero-order valence-corrected chi connectivity index (χ0v) is 12.0. The molecule has 0 radical (unpaired) electrons. The molecule has 6 heteroatoms. The normalized spacial score (nSPS) is 23.2. The van der Waals surface area contributed by atoms with Crippen LogP contribution in [0.2, 0.25) is 0 Å². The summed E-state index contributed by atoms with van der Waals surface area (Å²) in [5.74, 6) is 1.50. The lowest BCUT2D eigenvalue weighted by Gasteiger charge is -2.27. The minimum atomic E-state index is -3.45. The Morgan fingerprint density at radius 2 is 2.12 bits per heavy atom. The highest BCUT2D eigenvalue weighted by molar-refractivity contribution is 8.27. The minimum absolute atomic E-state index is 0.191. The van der Waals surface area contributed by atoms with E-state index in [1.54, 1.807) is 0 Å². The summed E-state index contributed by atoms with van der Waals surface area (Å²) in [6.45, 7) is 3.98. The van der Waals surface area contributed by atoms with Crippen molar-refractivity contribution in [2.45, 2.75) is 39.0 Å². The van der Waals surface area contributed by atoms with Gasteiger partial charge in [0.25, 0.3) is 9.05 Å². The zero-order chi connectivity index (χ0) is 12.7. The molecule has 0 aromatic heterocycles. The maximum Gasteiger partial charge on any atom is 0.266 e. The number of rotatable bonds is 7. The molecule has 1 saturated carbocycles. The molecule has 1 unspecified atom stereocenters. The van der Waals surface area contributed by atoms with Crippen LogP contribution in [0.1, 0.15) is 39.0 Å². The van der Waals surface area contributed by atoms with Crippen LogP contribution in [0.25, 0.3) is 0 Å². The molecule has 2 atom stereocenters. The highest BCUT2D eigenvalue weighted by Gasteiger charge is 2.19. The van der Waals surface area contributed by atoms with Gasteiger partial charge >= 0.3 is 0 Å². The number of hydrogen-bond acceptors (Lipinski definition) is 4. The van der Waals surface area contributed by atoms with E-state index in [0.717, 1.165) is 12.5 Å². The van der Waals surface area contributed by atoms with Gasteiger partial charge in [0.2, 0.25) is 0 Å². The van der Waals surface area contributed by atoms with E-state index in [1.807, 2.05) is 0 Å². The predicted molar refractivity (Wildman–Crippen MR) is 72.7 cm³/mol. The Kier molecular flexibility index (Phi) is 6.87. The van der Waals surface area contributed by atoms with Gasteiger partial charge in [0.05, 0.1) is 6.61 Å². The fourth-order valence-corrected chi connectivity index (χ4v) is 2.92. The van der Waals surface area contributed by atoms with Gasteiger partial charge in [-0.2, -0.15) is 4.21 Å². The Balaban J connectivity index is 2.05. The molecule has 4 nitrogen and oxygen atoms in total. The lowest BCUT2D eigenvalue weighted by molar-refractivity contribution is 0.248. The van der Waals surface area contributed by atoms with E-state index in [-0.39, 0.29) is 6.61 Å². The van der Waals surface area contributed by atoms with E-state index >= 15 is 0 Å². The molecule has 1 aliphatic rings. The molecule has 0 aliphatic heterocycles. The van der Waals surface area contributed by atoms with Crippen LogP contribution in [-0.2, 0) is 24.4 Å². The molecule has 17 heavy (non-hydrogen) atoms. The molecule has 0 saturated heterocycles. The van der Waals surface area contributed by atoms with Crippen LogP contribution in [0, 0.1) is 11.8 Å². The summed E-state index contributed by atoms with van der Waals surface area (Å²) in [6.07, 6.45) is 6.79. The van der Waals surface area contributed by atoms with E-state index in [0.29, 0.717) is 12.5 Å². The van der Waals surface area contributed by atoms with Gasteiger partial charge in [-0.1, -0.05) is 39.0 Å². The lowest BCUT2D eigenvalue weighted by atomic mass is 9.81. The molecule has 1 rings (SSSR count). The van der Waals surface area contributed by atoms with Crippen LogP contribution in [0.3, 0.4) is 0 Å². The van der Waals surface area contributed by atoms with Crippen molar-refractivity contribution in [1.29, 1.82) is 0 Å². The summed E-state index contributed by atoms with van der Waals surface area (Å²) in [6, 6.07) is 0. The maximum absolute atomic E-state index is 10.7. The first-order valence-corrected chi connectivity index (χ1v) is 8.68. The van der Waals surface area contributed by atoms with E-state index in [1.165, 1.54) is 32.1 Å². The van der Waals surface area contributed by atoms with E-state index in [9.17, 15) is 4.21 Å². The van der Waals surface area contributed by atoms with Gasteiger partial charge in [0.1, 0.15) is 0 Å². The lowest BCUT2D eigenvalue weighted by Crippen LogP contribution is -2.30. The van der Waals surface area contributed by atoms with Crippen LogP contribution in [0.15, 0.2) is 0 Å². The third-order valence-electron chi connectivity index (χ3n) is 3.43. The first kappa shape index (κ1) is 15.3. The van der Waals surface area contributed by atoms with Crippen LogP contribution in [-0.4, -0.2) is 28.5 Å². The Hall–Kier alpha value is 0.250. The summed E-state index contributed by atoms with van der Waals surface area (Å²) in [5.41, 5.74) is 0. The van der Waals surface area contributed by atoms with Crippen molar-refractivity contribution in [1.82, 2.24) is 5.32 Å². The summed E-state index contributed by atoms with van der Waals surface area (Å²) in [7, 11) is -3.45. The average molecular weight is 281 g/mol. The molecule has 102 valence electrons. The maximum atomic E-state index is 10.7. The standard InChI is InChI=1S/C11H23NO3S2/c1-10(11-5-3-2-4-6-11)9-12-7-8-15-17(13,14)16/h10-12H,2-9H2,1H3,(H,13,14,16)/t10-/m1/s1. The first-order chi connectivity index (χ1) is 7.99. The van der Waals surface area contributed by atoms with Gasteiger partial charge in [-0.25, -0.2) is 0 Å². The fraction of sp³-hybridized carbons (Fsp3) is 1.00. The largest absolute Gasteiger partial charge is 0.314 e. The summed E-state index contributed by atoms with van der Waals surface area (Å²) < 4.78 is 24.0. The molecular formula is C11H23NO3S2. The van der Waals surface area contributed by atoms with Gasteiger partial charge in [-0.3, -0.25) is 8.74 Å². The van der Waals surface area contributed by atoms with Crippen molar-refractivity contribution in [2.24, 2.45) is 11.8 Å². The fourth-order valence-electron chi connectivity index (χ4n) is 2.42. The third-order valence-corrected chi connectivity index (χ3v) is 4.19.